The van der Waals surface area contributed by atoms with Crippen LogP contribution in [0.25, 0.3) is 0 Å². The number of amides is 2. The summed E-state index contributed by atoms with van der Waals surface area (Å²) in [5.74, 6) is -0.00117. The molecular weight excluding hydrogens is 524 g/mol. The van der Waals surface area contributed by atoms with Crippen molar-refractivity contribution in [3.8, 4) is 0 Å². The van der Waals surface area contributed by atoms with Crippen LogP contribution in [-0.4, -0.2) is 48.1 Å². The Morgan fingerprint density at radius 1 is 0.900 bits per heavy atom. The van der Waals surface area contributed by atoms with Crippen molar-refractivity contribution in [2.75, 3.05) is 6.54 Å². The Morgan fingerprint density at radius 2 is 1.48 bits per heavy atom. The van der Waals surface area contributed by atoms with E-state index in [0.29, 0.717) is 17.9 Å². The molecule has 0 bridgehead atoms. The summed E-state index contributed by atoms with van der Waals surface area (Å²) in [5.41, 5.74) is 3.63. The zero-order valence-corrected chi connectivity index (χ0v) is 24.3. The molecule has 2 heterocycles. The topological polar surface area (TPSA) is 108 Å². The highest BCUT2D eigenvalue weighted by molar-refractivity contribution is 7.89. The lowest BCUT2D eigenvalue weighted by atomic mass is 9.98. The molecule has 9 heteroatoms. The third-order valence-electron chi connectivity index (χ3n) is 7.40. The average Bonchev–Trinajstić information content (AvgIpc) is 2.96. The normalized spacial score (nSPS) is 18.1. The van der Waals surface area contributed by atoms with E-state index in [-0.39, 0.29) is 42.3 Å². The van der Waals surface area contributed by atoms with Crippen molar-refractivity contribution in [3.63, 3.8) is 0 Å². The van der Waals surface area contributed by atoms with Crippen LogP contribution in [0.5, 0.6) is 0 Å². The van der Waals surface area contributed by atoms with Gasteiger partial charge in [0.1, 0.15) is 6.04 Å². The Labute approximate surface area is 237 Å². The van der Waals surface area contributed by atoms with Gasteiger partial charge in [-0.15, -0.1) is 0 Å². The second kappa shape index (κ2) is 12.7. The number of nitrogens with zero attached hydrogens (tertiary/aromatic N) is 2. The van der Waals surface area contributed by atoms with Crippen LogP contribution < -0.4 is 10.6 Å². The Morgan fingerprint density at radius 3 is 2.05 bits per heavy atom. The minimum absolute atomic E-state index is 0.108. The second-order valence-electron chi connectivity index (χ2n) is 10.9. The van der Waals surface area contributed by atoms with Gasteiger partial charge in [-0.05, 0) is 65.6 Å². The maximum Gasteiger partial charge on any atom is 0.251 e. The average molecular weight is 563 g/mol. The van der Waals surface area contributed by atoms with Crippen LogP contribution in [0.15, 0.2) is 78.0 Å². The van der Waals surface area contributed by atoms with E-state index in [1.54, 1.807) is 36.7 Å². The van der Waals surface area contributed by atoms with E-state index in [0.717, 1.165) is 11.1 Å². The van der Waals surface area contributed by atoms with Crippen LogP contribution in [0.2, 0.25) is 0 Å². The van der Waals surface area contributed by atoms with Crippen molar-refractivity contribution in [1.29, 1.82) is 0 Å². The standard InChI is InChI=1S/C31H38N4O4S/c1-21(2)24-7-5-23(6-8-24)20-33-31(37)29-19-27(34-30(36)26-13-16-32-17-14-26)15-18-35(29)40(38,39)28-11-9-25(10-12-28)22(3)4/h5-14,16-17,21-22,27,29H,15,18-20H2,1-4H3,(H,33,37)(H,34,36)/t27-,29-/m1/s1. The molecular formula is C31H38N4O4S. The van der Waals surface area contributed by atoms with Gasteiger partial charge in [0, 0.05) is 37.1 Å². The zero-order valence-electron chi connectivity index (χ0n) is 23.5. The van der Waals surface area contributed by atoms with Crippen molar-refractivity contribution in [1.82, 2.24) is 19.9 Å². The van der Waals surface area contributed by atoms with Crippen molar-refractivity contribution in [2.24, 2.45) is 0 Å². The first-order chi connectivity index (χ1) is 19.1. The number of benzene rings is 2. The number of pyridine rings is 1. The lowest BCUT2D eigenvalue weighted by Gasteiger charge is -2.38. The van der Waals surface area contributed by atoms with Crippen LogP contribution in [0, 0.1) is 0 Å². The van der Waals surface area contributed by atoms with Gasteiger partial charge in [-0.2, -0.15) is 4.31 Å². The van der Waals surface area contributed by atoms with Crippen LogP contribution in [0.3, 0.4) is 0 Å². The third-order valence-corrected chi connectivity index (χ3v) is 9.32. The molecule has 0 unspecified atom stereocenters. The smallest absolute Gasteiger partial charge is 0.251 e. The van der Waals surface area contributed by atoms with Gasteiger partial charge in [-0.3, -0.25) is 14.6 Å². The van der Waals surface area contributed by atoms with E-state index in [1.807, 2.05) is 50.2 Å². The highest BCUT2D eigenvalue weighted by Crippen LogP contribution is 2.27. The highest BCUT2D eigenvalue weighted by Gasteiger charge is 2.41. The first-order valence-electron chi connectivity index (χ1n) is 13.8. The van der Waals surface area contributed by atoms with Gasteiger partial charge in [0.25, 0.3) is 5.91 Å². The van der Waals surface area contributed by atoms with Crippen molar-refractivity contribution in [3.05, 3.63) is 95.3 Å². The van der Waals surface area contributed by atoms with E-state index in [9.17, 15) is 18.0 Å². The van der Waals surface area contributed by atoms with Crippen molar-refractivity contribution >= 4 is 21.8 Å². The summed E-state index contributed by atoms with van der Waals surface area (Å²) in [6.07, 6.45) is 3.63. The van der Waals surface area contributed by atoms with E-state index >= 15 is 0 Å². The summed E-state index contributed by atoms with van der Waals surface area (Å²) in [6.45, 7) is 8.72. The Bertz CT molecular complexity index is 1410. The number of hydrogen-bond acceptors (Lipinski definition) is 5. The monoisotopic (exact) mass is 562 g/mol. The zero-order chi connectivity index (χ0) is 28.9. The number of hydrogen-bond donors (Lipinski definition) is 2. The first kappa shape index (κ1) is 29.4. The highest BCUT2D eigenvalue weighted by atomic mass is 32.2. The van der Waals surface area contributed by atoms with Gasteiger partial charge in [0.2, 0.25) is 15.9 Å². The van der Waals surface area contributed by atoms with Crippen molar-refractivity contribution < 1.29 is 18.0 Å². The molecule has 0 aliphatic carbocycles. The fraction of sp³-hybridized carbons (Fsp3) is 0.387. The molecule has 1 aliphatic heterocycles. The maximum absolute atomic E-state index is 13.8. The fourth-order valence-corrected chi connectivity index (χ4v) is 6.47. The predicted octanol–water partition coefficient (Wildman–Crippen LogP) is 4.60. The Kier molecular flexibility index (Phi) is 9.37. The van der Waals surface area contributed by atoms with Crippen LogP contribution in [-0.2, 0) is 21.4 Å². The summed E-state index contributed by atoms with van der Waals surface area (Å²) in [4.78, 5) is 30.4. The van der Waals surface area contributed by atoms with Crippen LogP contribution >= 0.6 is 0 Å². The number of sulfonamides is 1. The molecule has 1 saturated heterocycles. The molecule has 212 valence electrons. The molecule has 8 nitrogen and oxygen atoms in total. The van der Waals surface area contributed by atoms with Gasteiger partial charge in [-0.1, -0.05) is 64.1 Å². The summed E-state index contributed by atoms with van der Waals surface area (Å²) in [6, 6.07) is 16.7. The van der Waals surface area contributed by atoms with Crippen LogP contribution in [0.1, 0.15) is 79.4 Å². The minimum atomic E-state index is -3.95. The van der Waals surface area contributed by atoms with Crippen molar-refractivity contribution in [2.45, 2.75) is 75.9 Å². The maximum atomic E-state index is 13.8. The van der Waals surface area contributed by atoms with Gasteiger partial charge in [-0.25, -0.2) is 8.42 Å². The molecule has 2 aromatic carbocycles. The molecule has 3 aromatic rings. The molecule has 4 rings (SSSR count). The number of carbonyl (C=O) groups is 2. The summed E-state index contributed by atoms with van der Waals surface area (Å²) < 4.78 is 28.8. The number of nitrogens with one attached hydrogen (secondary N) is 2. The molecule has 0 spiro atoms. The second-order valence-corrected chi connectivity index (χ2v) is 12.8. The number of rotatable bonds is 9. The number of aromatic nitrogens is 1. The van der Waals surface area contributed by atoms with E-state index in [4.69, 9.17) is 0 Å². The van der Waals surface area contributed by atoms with Gasteiger partial charge >= 0.3 is 0 Å². The predicted molar refractivity (Wildman–Crippen MR) is 155 cm³/mol. The Hall–Kier alpha value is -3.56. The number of carbonyl (C=O) groups excluding carboxylic acids is 2. The van der Waals surface area contributed by atoms with Gasteiger partial charge < -0.3 is 10.6 Å². The SMILES string of the molecule is CC(C)c1ccc(CNC(=O)[C@H]2C[C@H](NC(=O)c3ccncc3)CCN2S(=O)(=O)c2ccc(C(C)C)cc2)cc1. The molecule has 1 aromatic heterocycles. The van der Waals surface area contributed by atoms with E-state index in [2.05, 4.69) is 29.5 Å². The first-order valence-corrected chi connectivity index (χ1v) is 15.2. The fourth-order valence-electron chi connectivity index (χ4n) is 4.86. The third kappa shape index (κ3) is 6.95. The molecule has 1 fully saturated rings. The van der Waals surface area contributed by atoms with Gasteiger partial charge in [0.15, 0.2) is 0 Å². The molecule has 2 amide bonds. The van der Waals surface area contributed by atoms with E-state index < -0.39 is 22.0 Å². The molecule has 1 aliphatic rings. The van der Waals surface area contributed by atoms with Gasteiger partial charge in [0.05, 0.1) is 4.90 Å². The summed E-state index contributed by atoms with van der Waals surface area (Å²) in [5, 5.41) is 5.91. The molecule has 2 atom stereocenters. The quantitative estimate of drug-likeness (QED) is 0.396. The minimum Gasteiger partial charge on any atom is -0.351 e. The van der Waals surface area contributed by atoms with Crippen LogP contribution in [0.4, 0.5) is 0 Å². The lowest BCUT2D eigenvalue weighted by Crippen LogP contribution is -2.57. The molecule has 2 N–H and O–H groups in total. The molecule has 0 radical (unpaired) electrons. The lowest BCUT2D eigenvalue weighted by molar-refractivity contribution is -0.126. The largest absolute Gasteiger partial charge is 0.351 e. The summed E-state index contributed by atoms with van der Waals surface area (Å²) >= 11 is 0. The summed E-state index contributed by atoms with van der Waals surface area (Å²) in [7, 11) is -3.95. The molecule has 40 heavy (non-hydrogen) atoms. The van der Waals surface area contributed by atoms with E-state index in [1.165, 1.54) is 9.87 Å². The molecule has 0 saturated carbocycles. The number of piperidine rings is 1. The Balaban J connectivity index is 1.54.